The first-order valence-corrected chi connectivity index (χ1v) is 4.22. The van der Waals surface area contributed by atoms with Gasteiger partial charge in [-0.25, -0.2) is 0 Å². The van der Waals surface area contributed by atoms with Crippen molar-refractivity contribution in [1.29, 1.82) is 0 Å². The van der Waals surface area contributed by atoms with Gasteiger partial charge in [0.25, 0.3) is 0 Å². The fourth-order valence-electron chi connectivity index (χ4n) is 0.801. The Balaban J connectivity index is 2.35. The SMILES string of the molecule is O=C1NCOCCCC1Br. The first-order valence-electron chi connectivity index (χ1n) is 3.30. The molecular formula is C6H10BrNO2. The van der Waals surface area contributed by atoms with Gasteiger partial charge in [0.05, 0.1) is 4.83 Å². The summed E-state index contributed by atoms with van der Waals surface area (Å²) < 4.78 is 5.04. The topological polar surface area (TPSA) is 38.3 Å². The number of ether oxygens (including phenoxy) is 1. The van der Waals surface area contributed by atoms with Crippen molar-refractivity contribution in [3.63, 3.8) is 0 Å². The van der Waals surface area contributed by atoms with Crippen LogP contribution in [0.1, 0.15) is 12.8 Å². The Morgan fingerprint density at radius 3 is 3.30 bits per heavy atom. The molecule has 1 unspecified atom stereocenters. The van der Waals surface area contributed by atoms with Gasteiger partial charge in [0.1, 0.15) is 6.73 Å². The van der Waals surface area contributed by atoms with Crippen molar-refractivity contribution in [2.45, 2.75) is 17.7 Å². The third kappa shape index (κ3) is 2.27. The van der Waals surface area contributed by atoms with Crippen LogP contribution in [-0.4, -0.2) is 24.1 Å². The minimum atomic E-state index is -0.0311. The van der Waals surface area contributed by atoms with E-state index in [2.05, 4.69) is 21.2 Å². The molecule has 1 aliphatic rings. The predicted octanol–water partition coefficient (Wildman–Crippen LogP) is 0.634. The molecule has 1 heterocycles. The molecule has 1 N–H and O–H groups in total. The van der Waals surface area contributed by atoms with Crippen molar-refractivity contribution in [1.82, 2.24) is 5.32 Å². The van der Waals surface area contributed by atoms with E-state index < -0.39 is 0 Å². The highest BCUT2D eigenvalue weighted by atomic mass is 79.9. The molecule has 0 aliphatic carbocycles. The average Bonchev–Trinajstić information content (AvgIpc) is 1.92. The molecular weight excluding hydrogens is 198 g/mol. The number of halogens is 1. The molecule has 1 fully saturated rings. The highest BCUT2D eigenvalue weighted by Gasteiger charge is 2.15. The molecule has 0 spiro atoms. The van der Waals surface area contributed by atoms with Crippen LogP contribution in [0.25, 0.3) is 0 Å². The normalized spacial score (nSPS) is 28.5. The molecule has 0 radical (unpaired) electrons. The van der Waals surface area contributed by atoms with Gasteiger partial charge in [-0.05, 0) is 12.8 Å². The Morgan fingerprint density at radius 2 is 2.50 bits per heavy atom. The van der Waals surface area contributed by atoms with Gasteiger partial charge in [-0.1, -0.05) is 15.9 Å². The van der Waals surface area contributed by atoms with Gasteiger partial charge >= 0.3 is 0 Å². The summed E-state index contributed by atoms with van der Waals surface area (Å²) in [5.41, 5.74) is 0. The summed E-state index contributed by atoms with van der Waals surface area (Å²) in [6, 6.07) is 0. The van der Waals surface area contributed by atoms with Crippen LogP contribution in [0.4, 0.5) is 0 Å². The largest absolute Gasteiger partial charge is 0.361 e. The fourth-order valence-corrected chi connectivity index (χ4v) is 1.29. The summed E-state index contributed by atoms with van der Waals surface area (Å²) in [4.78, 5) is 10.9. The van der Waals surface area contributed by atoms with Gasteiger partial charge < -0.3 is 10.1 Å². The van der Waals surface area contributed by atoms with Gasteiger partial charge in [-0.2, -0.15) is 0 Å². The van der Waals surface area contributed by atoms with Crippen LogP contribution >= 0.6 is 15.9 Å². The Hall–Kier alpha value is -0.0900. The lowest BCUT2D eigenvalue weighted by Gasteiger charge is -2.14. The van der Waals surface area contributed by atoms with Crippen molar-refractivity contribution in [2.75, 3.05) is 13.3 Å². The molecule has 0 aromatic rings. The van der Waals surface area contributed by atoms with Crippen LogP contribution in [0.15, 0.2) is 0 Å². The second-order valence-corrected chi connectivity index (χ2v) is 3.31. The van der Waals surface area contributed by atoms with Gasteiger partial charge in [-0.15, -0.1) is 0 Å². The Morgan fingerprint density at radius 1 is 1.70 bits per heavy atom. The average molecular weight is 208 g/mol. The number of hydrogen-bond acceptors (Lipinski definition) is 2. The van der Waals surface area contributed by atoms with Crippen molar-refractivity contribution in [3.05, 3.63) is 0 Å². The molecule has 0 aromatic carbocycles. The number of hydrogen-bond donors (Lipinski definition) is 1. The standard InChI is InChI=1S/C6H10BrNO2/c7-5-2-1-3-10-4-8-6(5)9/h5H,1-4H2,(H,8,9). The van der Waals surface area contributed by atoms with E-state index in [4.69, 9.17) is 4.74 Å². The summed E-state index contributed by atoms with van der Waals surface area (Å²) in [7, 11) is 0. The molecule has 1 saturated heterocycles. The molecule has 1 atom stereocenters. The quantitative estimate of drug-likeness (QED) is 0.593. The zero-order valence-electron chi connectivity index (χ0n) is 5.60. The third-order valence-electron chi connectivity index (χ3n) is 1.38. The molecule has 3 nitrogen and oxygen atoms in total. The van der Waals surface area contributed by atoms with Gasteiger partial charge in [0.2, 0.25) is 5.91 Å². The smallest absolute Gasteiger partial charge is 0.235 e. The van der Waals surface area contributed by atoms with Crippen molar-refractivity contribution < 1.29 is 9.53 Å². The Labute approximate surface area is 68.3 Å². The summed E-state index contributed by atoms with van der Waals surface area (Å²) in [5.74, 6) is 0.0275. The summed E-state index contributed by atoms with van der Waals surface area (Å²) >= 11 is 3.27. The lowest BCUT2D eigenvalue weighted by atomic mass is 10.2. The summed E-state index contributed by atoms with van der Waals surface area (Å²) in [6.45, 7) is 1.09. The van der Waals surface area contributed by atoms with E-state index in [-0.39, 0.29) is 10.7 Å². The van der Waals surface area contributed by atoms with E-state index in [1.165, 1.54) is 0 Å². The van der Waals surface area contributed by atoms with Gasteiger partial charge in [-0.3, -0.25) is 4.79 Å². The number of carbonyl (C=O) groups is 1. The molecule has 58 valence electrons. The van der Waals surface area contributed by atoms with Gasteiger partial charge in [0, 0.05) is 6.61 Å². The highest BCUT2D eigenvalue weighted by molar-refractivity contribution is 9.10. The molecule has 1 rings (SSSR count). The lowest BCUT2D eigenvalue weighted by molar-refractivity contribution is -0.123. The van der Waals surface area contributed by atoms with Gasteiger partial charge in [0.15, 0.2) is 0 Å². The maximum Gasteiger partial charge on any atom is 0.235 e. The zero-order valence-corrected chi connectivity index (χ0v) is 7.19. The molecule has 1 amide bonds. The minimum Gasteiger partial charge on any atom is -0.361 e. The zero-order chi connectivity index (χ0) is 7.40. The van der Waals surface area contributed by atoms with E-state index >= 15 is 0 Å². The van der Waals surface area contributed by atoms with Crippen LogP contribution in [0.3, 0.4) is 0 Å². The first-order chi connectivity index (χ1) is 4.80. The van der Waals surface area contributed by atoms with Crippen LogP contribution in [0, 0.1) is 0 Å². The first kappa shape index (κ1) is 8.01. The van der Waals surface area contributed by atoms with Crippen LogP contribution in [-0.2, 0) is 9.53 Å². The Kier molecular flexibility index (Phi) is 3.15. The molecule has 10 heavy (non-hydrogen) atoms. The van der Waals surface area contributed by atoms with E-state index in [0.29, 0.717) is 6.73 Å². The monoisotopic (exact) mass is 207 g/mol. The van der Waals surface area contributed by atoms with Crippen molar-refractivity contribution in [3.8, 4) is 0 Å². The van der Waals surface area contributed by atoms with Crippen LogP contribution < -0.4 is 5.32 Å². The van der Waals surface area contributed by atoms with E-state index in [1.807, 2.05) is 0 Å². The minimum absolute atomic E-state index is 0.0275. The molecule has 0 bridgehead atoms. The third-order valence-corrected chi connectivity index (χ3v) is 2.25. The maximum atomic E-state index is 10.9. The van der Waals surface area contributed by atoms with Crippen LogP contribution in [0.2, 0.25) is 0 Å². The maximum absolute atomic E-state index is 10.9. The van der Waals surface area contributed by atoms with Crippen molar-refractivity contribution >= 4 is 21.8 Å². The van der Waals surface area contributed by atoms with E-state index in [0.717, 1.165) is 19.4 Å². The number of amides is 1. The molecule has 4 heteroatoms. The number of alkyl halides is 1. The van der Waals surface area contributed by atoms with Crippen LogP contribution in [0.5, 0.6) is 0 Å². The van der Waals surface area contributed by atoms with E-state index in [9.17, 15) is 4.79 Å². The number of rotatable bonds is 0. The Bertz CT molecular complexity index is 129. The number of nitrogens with one attached hydrogen (secondary N) is 1. The molecule has 1 aliphatic heterocycles. The summed E-state index contributed by atoms with van der Waals surface area (Å²) in [5, 5.41) is 2.63. The molecule has 0 saturated carbocycles. The fraction of sp³-hybridized carbons (Fsp3) is 0.833. The lowest BCUT2D eigenvalue weighted by Crippen LogP contribution is -2.35. The molecule has 0 aromatic heterocycles. The summed E-state index contributed by atoms with van der Waals surface area (Å²) in [6.07, 6.45) is 1.80. The van der Waals surface area contributed by atoms with Crippen molar-refractivity contribution in [2.24, 2.45) is 0 Å². The van der Waals surface area contributed by atoms with E-state index in [1.54, 1.807) is 0 Å². The highest BCUT2D eigenvalue weighted by Crippen LogP contribution is 2.09. The number of carbonyl (C=O) groups excluding carboxylic acids is 1. The second-order valence-electron chi connectivity index (χ2n) is 2.20. The predicted molar refractivity (Wildman–Crippen MR) is 40.9 cm³/mol. The second kappa shape index (κ2) is 3.93.